The van der Waals surface area contributed by atoms with Gasteiger partial charge in [0.05, 0.1) is 24.3 Å². The van der Waals surface area contributed by atoms with Crippen LogP contribution in [0.4, 0.5) is 10.1 Å². The number of halogens is 1. The number of benzene rings is 3. The first-order valence-corrected chi connectivity index (χ1v) is 10.1. The van der Waals surface area contributed by atoms with Crippen molar-refractivity contribution in [3.63, 3.8) is 0 Å². The van der Waals surface area contributed by atoms with Gasteiger partial charge in [0.2, 0.25) is 0 Å². The summed E-state index contributed by atoms with van der Waals surface area (Å²) in [6, 6.07) is 17.3. The summed E-state index contributed by atoms with van der Waals surface area (Å²) in [4.78, 5) is 27.7. The number of hydrogen-bond donors (Lipinski definition) is 1. The van der Waals surface area contributed by atoms with Crippen LogP contribution in [-0.4, -0.2) is 23.9 Å². The minimum absolute atomic E-state index is 0.00654. The molecule has 1 unspecified atom stereocenters. The first-order valence-electron chi connectivity index (χ1n) is 10.1. The molecule has 1 heterocycles. The van der Waals surface area contributed by atoms with E-state index in [1.165, 1.54) is 24.1 Å². The summed E-state index contributed by atoms with van der Waals surface area (Å²) in [5.41, 5.74) is 3.00. The highest BCUT2D eigenvalue weighted by molar-refractivity contribution is 6.51. The van der Waals surface area contributed by atoms with E-state index in [1.807, 2.05) is 44.2 Å². The zero-order valence-corrected chi connectivity index (χ0v) is 17.9. The predicted octanol–water partition coefficient (Wildman–Crippen LogP) is 5.08. The number of methoxy groups -OCH3 is 1. The highest BCUT2D eigenvalue weighted by Crippen LogP contribution is 2.43. The summed E-state index contributed by atoms with van der Waals surface area (Å²) >= 11 is 0. The molecule has 1 amide bonds. The molecule has 0 aliphatic carbocycles. The van der Waals surface area contributed by atoms with Gasteiger partial charge in [-0.3, -0.25) is 14.5 Å². The van der Waals surface area contributed by atoms with Gasteiger partial charge in [-0.25, -0.2) is 4.39 Å². The zero-order chi connectivity index (χ0) is 23.0. The van der Waals surface area contributed by atoms with Gasteiger partial charge in [0.15, 0.2) is 0 Å². The maximum absolute atomic E-state index is 14.0. The molecule has 1 aliphatic heterocycles. The highest BCUT2D eigenvalue weighted by atomic mass is 19.1. The van der Waals surface area contributed by atoms with Gasteiger partial charge in [0, 0.05) is 5.69 Å². The van der Waals surface area contributed by atoms with Crippen LogP contribution in [0.25, 0.3) is 5.76 Å². The minimum atomic E-state index is -0.884. The summed E-state index contributed by atoms with van der Waals surface area (Å²) in [7, 11) is 1.38. The van der Waals surface area contributed by atoms with Gasteiger partial charge in [0.25, 0.3) is 11.7 Å². The van der Waals surface area contributed by atoms with Crippen LogP contribution < -0.4 is 9.64 Å². The van der Waals surface area contributed by atoms with E-state index in [2.05, 4.69) is 0 Å². The van der Waals surface area contributed by atoms with Crippen LogP contribution in [0.1, 0.15) is 28.3 Å². The number of carbonyl (C=O) groups excluding carboxylic acids is 2. The lowest BCUT2D eigenvalue weighted by Gasteiger charge is -2.26. The van der Waals surface area contributed by atoms with Crippen molar-refractivity contribution in [3.8, 4) is 5.75 Å². The van der Waals surface area contributed by atoms with Gasteiger partial charge in [-0.05, 0) is 49.7 Å². The fraction of sp³-hybridized carbons (Fsp3) is 0.154. The van der Waals surface area contributed by atoms with Crippen molar-refractivity contribution in [1.82, 2.24) is 0 Å². The van der Waals surface area contributed by atoms with Gasteiger partial charge < -0.3 is 9.84 Å². The van der Waals surface area contributed by atoms with E-state index < -0.39 is 29.3 Å². The third kappa shape index (κ3) is 3.64. The van der Waals surface area contributed by atoms with Gasteiger partial charge in [-0.15, -0.1) is 0 Å². The molecule has 1 fully saturated rings. The first kappa shape index (κ1) is 21.3. The van der Waals surface area contributed by atoms with E-state index in [0.29, 0.717) is 11.3 Å². The fourth-order valence-electron chi connectivity index (χ4n) is 3.97. The molecule has 0 aromatic heterocycles. The lowest BCUT2D eigenvalue weighted by atomic mass is 9.94. The molecule has 0 bridgehead atoms. The Hall–Kier alpha value is -3.93. The molecule has 0 saturated carbocycles. The number of rotatable bonds is 4. The minimum Gasteiger partial charge on any atom is -0.507 e. The van der Waals surface area contributed by atoms with Crippen molar-refractivity contribution in [2.75, 3.05) is 12.0 Å². The summed E-state index contributed by atoms with van der Waals surface area (Å²) in [5, 5.41) is 11.2. The lowest BCUT2D eigenvalue weighted by Crippen LogP contribution is -2.29. The topological polar surface area (TPSA) is 66.8 Å². The molecular formula is C26H22FNO4. The third-order valence-electron chi connectivity index (χ3n) is 5.53. The Balaban J connectivity index is 1.99. The Morgan fingerprint density at radius 2 is 1.69 bits per heavy atom. The lowest BCUT2D eigenvalue weighted by molar-refractivity contribution is -0.132. The average molecular weight is 431 g/mol. The monoisotopic (exact) mass is 431 g/mol. The molecule has 4 rings (SSSR count). The van der Waals surface area contributed by atoms with Crippen molar-refractivity contribution in [1.29, 1.82) is 0 Å². The summed E-state index contributed by atoms with van der Waals surface area (Å²) in [6.45, 7) is 3.82. The second-order valence-electron chi connectivity index (χ2n) is 7.76. The van der Waals surface area contributed by atoms with E-state index in [1.54, 1.807) is 18.2 Å². The quantitative estimate of drug-likeness (QED) is 0.356. The van der Waals surface area contributed by atoms with E-state index in [-0.39, 0.29) is 16.9 Å². The Morgan fingerprint density at radius 1 is 0.969 bits per heavy atom. The molecule has 3 aromatic carbocycles. The number of nitrogens with zero attached hydrogens (tertiary/aromatic N) is 1. The maximum atomic E-state index is 14.0. The van der Waals surface area contributed by atoms with Crippen molar-refractivity contribution in [2.45, 2.75) is 19.9 Å². The number of aliphatic hydroxyl groups excluding tert-OH is 1. The molecule has 3 aromatic rings. The summed E-state index contributed by atoms with van der Waals surface area (Å²) in [6.07, 6.45) is 0. The Kier molecular flexibility index (Phi) is 5.53. The van der Waals surface area contributed by atoms with Crippen LogP contribution in [0, 0.1) is 19.7 Å². The molecule has 1 atom stereocenters. The maximum Gasteiger partial charge on any atom is 0.300 e. The Morgan fingerprint density at radius 3 is 2.34 bits per heavy atom. The van der Waals surface area contributed by atoms with Crippen molar-refractivity contribution in [2.24, 2.45) is 0 Å². The smallest absolute Gasteiger partial charge is 0.300 e. The second-order valence-corrected chi connectivity index (χ2v) is 7.76. The highest BCUT2D eigenvalue weighted by Gasteiger charge is 2.47. The molecule has 0 radical (unpaired) electrons. The Bertz CT molecular complexity index is 1250. The number of carbonyl (C=O) groups is 2. The molecule has 1 saturated heterocycles. The van der Waals surface area contributed by atoms with Crippen LogP contribution in [-0.2, 0) is 9.59 Å². The molecular weight excluding hydrogens is 409 g/mol. The fourth-order valence-corrected chi connectivity index (χ4v) is 3.97. The van der Waals surface area contributed by atoms with Crippen LogP contribution in [0.3, 0.4) is 0 Å². The number of ether oxygens (including phenoxy) is 1. The molecule has 0 spiro atoms. The normalized spacial score (nSPS) is 17.6. The number of Topliss-reactive ketones (excluding diaryl/α,β-unsaturated/α-hetero) is 1. The van der Waals surface area contributed by atoms with Gasteiger partial charge >= 0.3 is 0 Å². The van der Waals surface area contributed by atoms with Crippen molar-refractivity contribution >= 4 is 23.1 Å². The van der Waals surface area contributed by atoms with Crippen molar-refractivity contribution in [3.05, 3.63) is 100 Å². The number of hydrogen-bond acceptors (Lipinski definition) is 4. The number of amides is 1. The predicted molar refractivity (Wildman–Crippen MR) is 120 cm³/mol. The standard InChI is InChI=1S/C26H22FNO4/c1-15-7-10-19(11-8-15)28-23(17-6-4-5-16(2)13-17)22(25(30)26(28)31)24(29)20-14-18(27)9-12-21(20)32-3/h4-14,23,29H,1-3H3/b24-22+. The molecule has 162 valence electrons. The molecule has 1 aliphatic rings. The number of aryl methyl sites for hydroxylation is 2. The SMILES string of the molecule is COc1ccc(F)cc1/C(O)=C1\C(=O)C(=O)N(c2ccc(C)cc2)C1c1cccc(C)c1. The molecule has 6 heteroatoms. The van der Waals surface area contributed by atoms with E-state index in [9.17, 15) is 19.1 Å². The molecule has 32 heavy (non-hydrogen) atoms. The molecule has 5 nitrogen and oxygen atoms in total. The Labute approximate surface area is 185 Å². The van der Waals surface area contributed by atoms with Crippen molar-refractivity contribution < 1.29 is 23.8 Å². The second kappa shape index (κ2) is 8.30. The number of anilines is 1. The first-order chi connectivity index (χ1) is 15.3. The van der Waals surface area contributed by atoms with E-state index in [4.69, 9.17) is 4.74 Å². The van der Waals surface area contributed by atoms with Crippen LogP contribution in [0.5, 0.6) is 5.75 Å². The average Bonchev–Trinajstić information content (AvgIpc) is 3.04. The van der Waals surface area contributed by atoms with Gasteiger partial charge in [-0.2, -0.15) is 0 Å². The van der Waals surface area contributed by atoms with E-state index >= 15 is 0 Å². The van der Waals surface area contributed by atoms with E-state index in [0.717, 1.165) is 17.2 Å². The zero-order valence-electron chi connectivity index (χ0n) is 17.9. The third-order valence-corrected chi connectivity index (χ3v) is 5.53. The van der Waals surface area contributed by atoms with Crippen LogP contribution in [0.2, 0.25) is 0 Å². The van der Waals surface area contributed by atoms with Gasteiger partial charge in [0.1, 0.15) is 17.3 Å². The van der Waals surface area contributed by atoms with Crippen LogP contribution >= 0.6 is 0 Å². The van der Waals surface area contributed by atoms with Gasteiger partial charge in [-0.1, -0.05) is 47.5 Å². The number of aliphatic hydroxyl groups is 1. The van der Waals surface area contributed by atoms with Crippen LogP contribution in [0.15, 0.2) is 72.3 Å². The summed E-state index contributed by atoms with van der Waals surface area (Å²) < 4.78 is 19.3. The largest absolute Gasteiger partial charge is 0.507 e. The summed E-state index contributed by atoms with van der Waals surface area (Å²) in [5.74, 6) is -2.51. The molecule has 1 N–H and O–H groups in total. The number of ketones is 1.